The van der Waals surface area contributed by atoms with Gasteiger partial charge in [0.1, 0.15) is 0 Å². The Balaban J connectivity index is 1.85. The van der Waals surface area contributed by atoms with E-state index in [1.807, 2.05) is 0 Å². The van der Waals surface area contributed by atoms with Crippen LogP contribution in [0.25, 0.3) is 0 Å². The Kier molecular flexibility index (Phi) is 6.62. The van der Waals surface area contributed by atoms with Gasteiger partial charge in [-0.1, -0.05) is 51.4 Å². The predicted octanol–water partition coefficient (Wildman–Crippen LogP) is 2.71. The average Bonchev–Trinajstić information content (AvgIpc) is 2.42. The summed E-state index contributed by atoms with van der Waals surface area (Å²) in [7, 11) is 0. The first-order valence-corrected chi connectivity index (χ1v) is 8.47. The van der Waals surface area contributed by atoms with Crippen molar-refractivity contribution in [1.82, 2.24) is 5.32 Å². The summed E-state index contributed by atoms with van der Waals surface area (Å²) in [5.41, 5.74) is 6.22. The topological polar surface area (TPSA) is 58.3 Å². The zero-order valence-corrected chi connectivity index (χ0v) is 12.3. The monoisotopic (exact) mass is 268 g/mol. The van der Waals surface area contributed by atoms with E-state index in [1.54, 1.807) is 0 Å². The molecule has 3 heteroatoms. The van der Waals surface area contributed by atoms with Crippen LogP contribution in [0, 0.1) is 0 Å². The molecule has 112 valence electrons. The summed E-state index contributed by atoms with van der Waals surface area (Å²) < 4.78 is 0. The Morgan fingerprint density at radius 2 is 1.21 bits per heavy atom. The standard InChI is InChI=1S/C16H32N2O/c17-13-9-7-8-10-14(13)18-15-11-5-3-1-2-4-6-12-16(15)19/h13-16,18-19H,1-12,17H2/t13-,14-,15?,16?/m0/s1. The number of aliphatic hydroxyl groups excluding tert-OH is 1. The maximum Gasteiger partial charge on any atom is 0.0693 e. The highest BCUT2D eigenvalue weighted by atomic mass is 16.3. The van der Waals surface area contributed by atoms with Crippen molar-refractivity contribution in [2.45, 2.75) is 101 Å². The fraction of sp³-hybridized carbons (Fsp3) is 1.00. The molecule has 4 atom stereocenters. The van der Waals surface area contributed by atoms with Crippen LogP contribution in [0.15, 0.2) is 0 Å². The highest BCUT2D eigenvalue weighted by Crippen LogP contribution is 2.21. The van der Waals surface area contributed by atoms with E-state index in [2.05, 4.69) is 5.32 Å². The minimum absolute atomic E-state index is 0.174. The van der Waals surface area contributed by atoms with Crippen LogP contribution < -0.4 is 11.1 Å². The third kappa shape index (κ3) is 5.05. The van der Waals surface area contributed by atoms with Gasteiger partial charge in [-0.3, -0.25) is 0 Å². The molecule has 4 N–H and O–H groups in total. The maximum atomic E-state index is 10.4. The van der Waals surface area contributed by atoms with Crippen molar-refractivity contribution in [3.05, 3.63) is 0 Å². The Hall–Kier alpha value is -0.120. The van der Waals surface area contributed by atoms with Crippen molar-refractivity contribution in [3.8, 4) is 0 Å². The van der Waals surface area contributed by atoms with Crippen LogP contribution in [0.2, 0.25) is 0 Å². The molecule has 2 aliphatic rings. The zero-order chi connectivity index (χ0) is 13.5. The molecule has 2 fully saturated rings. The van der Waals surface area contributed by atoms with Crippen molar-refractivity contribution < 1.29 is 5.11 Å². The molecular formula is C16H32N2O. The fourth-order valence-electron chi connectivity index (χ4n) is 3.65. The Labute approximate surface area is 118 Å². The Morgan fingerprint density at radius 3 is 1.95 bits per heavy atom. The third-order valence-corrected chi connectivity index (χ3v) is 4.98. The summed E-state index contributed by atoms with van der Waals surface area (Å²) in [6.45, 7) is 0. The Morgan fingerprint density at radius 1 is 0.684 bits per heavy atom. The lowest BCUT2D eigenvalue weighted by Crippen LogP contribution is -2.54. The number of nitrogens with one attached hydrogen (secondary N) is 1. The van der Waals surface area contributed by atoms with Crippen LogP contribution in [0.3, 0.4) is 0 Å². The van der Waals surface area contributed by atoms with Gasteiger partial charge in [0.05, 0.1) is 6.10 Å². The highest BCUT2D eigenvalue weighted by molar-refractivity contribution is 4.88. The van der Waals surface area contributed by atoms with Crippen molar-refractivity contribution >= 4 is 0 Å². The van der Waals surface area contributed by atoms with Crippen LogP contribution in [0.5, 0.6) is 0 Å². The van der Waals surface area contributed by atoms with Gasteiger partial charge in [0.15, 0.2) is 0 Å². The molecule has 2 unspecified atom stereocenters. The molecule has 0 aromatic rings. The minimum Gasteiger partial charge on any atom is -0.392 e. The van der Waals surface area contributed by atoms with Crippen molar-refractivity contribution in [3.63, 3.8) is 0 Å². The van der Waals surface area contributed by atoms with Gasteiger partial charge < -0.3 is 16.2 Å². The van der Waals surface area contributed by atoms with Gasteiger partial charge in [-0.25, -0.2) is 0 Å². The van der Waals surface area contributed by atoms with Crippen molar-refractivity contribution in [1.29, 1.82) is 0 Å². The van der Waals surface area contributed by atoms with E-state index in [-0.39, 0.29) is 18.2 Å². The van der Waals surface area contributed by atoms with E-state index >= 15 is 0 Å². The molecule has 2 aliphatic carbocycles. The van der Waals surface area contributed by atoms with Crippen LogP contribution in [0.1, 0.15) is 77.0 Å². The molecule has 0 radical (unpaired) electrons. The molecule has 19 heavy (non-hydrogen) atoms. The molecule has 0 aromatic heterocycles. The molecule has 3 nitrogen and oxygen atoms in total. The van der Waals surface area contributed by atoms with Crippen molar-refractivity contribution in [2.75, 3.05) is 0 Å². The highest BCUT2D eigenvalue weighted by Gasteiger charge is 2.27. The summed E-state index contributed by atoms with van der Waals surface area (Å²) in [6, 6.07) is 0.986. The van der Waals surface area contributed by atoms with Crippen LogP contribution in [-0.2, 0) is 0 Å². The summed E-state index contributed by atoms with van der Waals surface area (Å²) in [6.07, 6.45) is 14.5. The second-order valence-corrected chi connectivity index (χ2v) is 6.59. The number of aliphatic hydroxyl groups is 1. The Bertz CT molecular complexity index is 247. The zero-order valence-electron chi connectivity index (χ0n) is 12.3. The molecular weight excluding hydrogens is 236 g/mol. The SMILES string of the molecule is N[C@H]1CCCC[C@@H]1NC1CCCCCCCCC1O. The lowest BCUT2D eigenvalue weighted by atomic mass is 9.88. The van der Waals surface area contributed by atoms with E-state index in [0.717, 1.165) is 19.3 Å². The number of nitrogens with two attached hydrogens (primary N) is 1. The van der Waals surface area contributed by atoms with E-state index in [0.29, 0.717) is 6.04 Å². The fourth-order valence-corrected chi connectivity index (χ4v) is 3.65. The first-order chi connectivity index (χ1) is 9.27. The largest absolute Gasteiger partial charge is 0.392 e. The van der Waals surface area contributed by atoms with Gasteiger partial charge >= 0.3 is 0 Å². The number of hydrogen-bond acceptors (Lipinski definition) is 3. The summed E-state index contributed by atoms with van der Waals surface area (Å²) >= 11 is 0. The lowest BCUT2D eigenvalue weighted by Gasteiger charge is -2.35. The van der Waals surface area contributed by atoms with Crippen LogP contribution in [0.4, 0.5) is 0 Å². The van der Waals surface area contributed by atoms with Gasteiger partial charge in [0.25, 0.3) is 0 Å². The minimum atomic E-state index is -0.174. The first-order valence-electron chi connectivity index (χ1n) is 8.47. The van der Waals surface area contributed by atoms with E-state index in [1.165, 1.54) is 57.8 Å². The van der Waals surface area contributed by atoms with E-state index in [4.69, 9.17) is 5.73 Å². The first kappa shape index (κ1) is 15.3. The number of hydrogen-bond donors (Lipinski definition) is 3. The molecule has 0 amide bonds. The average molecular weight is 268 g/mol. The smallest absolute Gasteiger partial charge is 0.0693 e. The molecule has 2 saturated carbocycles. The second kappa shape index (κ2) is 8.23. The van der Waals surface area contributed by atoms with Gasteiger partial charge in [-0.05, 0) is 25.7 Å². The quantitative estimate of drug-likeness (QED) is 0.721. The molecule has 0 saturated heterocycles. The predicted molar refractivity (Wildman–Crippen MR) is 80.1 cm³/mol. The molecule has 2 rings (SSSR count). The maximum absolute atomic E-state index is 10.4. The molecule has 0 aromatic carbocycles. The molecule has 0 heterocycles. The van der Waals surface area contributed by atoms with E-state index < -0.39 is 0 Å². The van der Waals surface area contributed by atoms with Gasteiger partial charge in [-0.2, -0.15) is 0 Å². The molecule has 0 spiro atoms. The second-order valence-electron chi connectivity index (χ2n) is 6.59. The van der Waals surface area contributed by atoms with Gasteiger partial charge in [-0.15, -0.1) is 0 Å². The summed E-state index contributed by atoms with van der Waals surface area (Å²) in [5, 5.41) is 14.1. The van der Waals surface area contributed by atoms with Crippen LogP contribution >= 0.6 is 0 Å². The van der Waals surface area contributed by atoms with Gasteiger partial charge in [0.2, 0.25) is 0 Å². The summed E-state index contributed by atoms with van der Waals surface area (Å²) in [4.78, 5) is 0. The number of rotatable bonds is 2. The normalized spacial score (nSPS) is 38.8. The van der Waals surface area contributed by atoms with E-state index in [9.17, 15) is 5.11 Å². The molecule has 0 aliphatic heterocycles. The lowest BCUT2D eigenvalue weighted by molar-refractivity contribution is 0.0952. The molecule has 0 bridgehead atoms. The van der Waals surface area contributed by atoms with Gasteiger partial charge in [0, 0.05) is 18.1 Å². The van der Waals surface area contributed by atoms with Crippen molar-refractivity contribution in [2.24, 2.45) is 5.73 Å². The summed E-state index contributed by atoms with van der Waals surface area (Å²) in [5.74, 6) is 0. The van der Waals surface area contributed by atoms with Crippen LogP contribution in [-0.4, -0.2) is 29.3 Å². The third-order valence-electron chi connectivity index (χ3n) is 4.98.